The van der Waals surface area contributed by atoms with Crippen LogP contribution in [0.5, 0.6) is 5.75 Å². The summed E-state index contributed by atoms with van der Waals surface area (Å²) < 4.78 is 73.0. The average Bonchev–Trinajstić information content (AvgIpc) is 3.24. The predicted molar refractivity (Wildman–Crippen MR) is 153 cm³/mol. The van der Waals surface area contributed by atoms with Crippen LogP contribution >= 0.6 is 34.8 Å². The van der Waals surface area contributed by atoms with Crippen LogP contribution in [0, 0.1) is 5.82 Å². The standard InChI is InChI=1S/C28H22Cl3F5N4O3/c1-28(35,36)27(42)37-11-13-3-5-17(29)15(25(13)31)9-24-39-20-8-16(22(43-12-23(33)34)10-21(20)40(24)2)26(41)38-14-4-6-19(32)18(30)7-14/h3-8,10,23H,9,11-12H2,1-2H3,(H,37,42)(H,38,41). The first-order valence-corrected chi connectivity index (χ1v) is 13.6. The van der Waals surface area contributed by atoms with Gasteiger partial charge in [-0.15, -0.1) is 0 Å². The maximum Gasteiger partial charge on any atom is 0.321 e. The third kappa shape index (κ3) is 7.49. The van der Waals surface area contributed by atoms with Gasteiger partial charge < -0.3 is 19.9 Å². The van der Waals surface area contributed by atoms with Crippen LogP contribution in [0.25, 0.3) is 11.0 Å². The fourth-order valence-corrected chi connectivity index (χ4v) is 4.83. The number of aromatic nitrogens is 2. The van der Waals surface area contributed by atoms with Crippen molar-refractivity contribution >= 4 is 63.3 Å². The molecule has 1 aromatic heterocycles. The van der Waals surface area contributed by atoms with Gasteiger partial charge in [-0.2, -0.15) is 8.78 Å². The maximum absolute atomic E-state index is 13.5. The van der Waals surface area contributed by atoms with Crippen molar-refractivity contribution in [3.63, 3.8) is 0 Å². The number of amides is 2. The Hall–Kier alpha value is -3.61. The summed E-state index contributed by atoms with van der Waals surface area (Å²) in [6.45, 7) is -0.797. The molecule has 0 atom stereocenters. The van der Waals surface area contributed by atoms with Gasteiger partial charge >= 0.3 is 5.92 Å². The zero-order valence-electron chi connectivity index (χ0n) is 22.4. The Balaban J connectivity index is 1.69. The van der Waals surface area contributed by atoms with Gasteiger partial charge in [0, 0.05) is 43.7 Å². The first-order chi connectivity index (χ1) is 20.1. The van der Waals surface area contributed by atoms with Gasteiger partial charge in [-0.3, -0.25) is 9.59 Å². The molecule has 2 amide bonds. The molecule has 7 nitrogen and oxygen atoms in total. The number of ether oxygens (including phenoxy) is 1. The van der Waals surface area contributed by atoms with Gasteiger partial charge in [-0.1, -0.05) is 40.9 Å². The van der Waals surface area contributed by atoms with Crippen molar-refractivity contribution in [3.05, 3.63) is 85.9 Å². The minimum absolute atomic E-state index is 0.0391. The highest BCUT2D eigenvalue weighted by Crippen LogP contribution is 2.33. The molecule has 1 heterocycles. The second kappa shape index (κ2) is 12.9. The fourth-order valence-electron chi connectivity index (χ4n) is 4.08. The van der Waals surface area contributed by atoms with Crippen LogP contribution in [-0.4, -0.2) is 40.3 Å². The lowest BCUT2D eigenvalue weighted by Gasteiger charge is -2.14. The van der Waals surface area contributed by atoms with Gasteiger partial charge in [0.1, 0.15) is 24.0 Å². The lowest BCUT2D eigenvalue weighted by molar-refractivity contribution is -0.143. The molecule has 0 saturated carbocycles. The van der Waals surface area contributed by atoms with Crippen LogP contribution in [0.1, 0.15) is 34.2 Å². The number of carbonyl (C=O) groups excluding carboxylic acids is 2. The molecule has 0 spiro atoms. The van der Waals surface area contributed by atoms with Crippen molar-refractivity contribution in [2.45, 2.75) is 32.2 Å². The highest BCUT2D eigenvalue weighted by molar-refractivity contribution is 6.36. The van der Waals surface area contributed by atoms with Crippen molar-refractivity contribution in [1.82, 2.24) is 14.9 Å². The minimum Gasteiger partial charge on any atom is -0.487 e. The predicted octanol–water partition coefficient (Wildman–Crippen LogP) is 7.43. The number of carbonyl (C=O) groups is 2. The summed E-state index contributed by atoms with van der Waals surface area (Å²) in [5.74, 6) is -6.25. The topological polar surface area (TPSA) is 85.2 Å². The second-order valence-corrected chi connectivity index (χ2v) is 10.6. The number of alkyl halides is 4. The number of hydrogen-bond donors (Lipinski definition) is 2. The van der Waals surface area contributed by atoms with Crippen LogP contribution in [0.4, 0.5) is 27.6 Å². The Morgan fingerprint density at radius 3 is 2.44 bits per heavy atom. The molecule has 4 aromatic rings. The van der Waals surface area contributed by atoms with E-state index in [1.165, 1.54) is 36.4 Å². The summed E-state index contributed by atoms with van der Waals surface area (Å²) in [5.41, 5.74) is 1.46. The molecule has 4 rings (SSSR count). The molecule has 0 aliphatic carbocycles. The van der Waals surface area contributed by atoms with Crippen LogP contribution < -0.4 is 15.4 Å². The summed E-state index contributed by atoms with van der Waals surface area (Å²) in [6, 6.07) is 9.23. The van der Waals surface area contributed by atoms with Crippen molar-refractivity contribution in [2.75, 3.05) is 11.9 Å². The summed E-state index contributed by atoms with van der Waals surface area (Å²) in [4.78, 5) is 29.3. The van der Waals surface area contributed by atoms with Crippen LogP contribution in [0.3, 0.4) is 0 Å². The van der Waals surface area contributed by atoms with Crippen molar-refractivity contribution in [1.29, 1.82) is 0 Å². The molecule has 2 N–H and O–H groups in total. The Labute approximate surface area is 256 Å². The highest BCUT2D eigenvalue weighted by Gasteiger charge is 2.32. The molecule has 0 radical (unpaired) electrons. The van der Waals surface area contributed by atoms with E-state index in [9.17, 15) is 31.5 Å². The number of nitrogens with one attached hydrogen (secondary N) is 2. The first kappa shape index (κ1) is 32.3. The van der Waals surface area contributed by atoms with Crippen LogP contribution in [-0.2, 0) is 24.8 Å². The summed E-state index contributed by atoms with van der Waals surface area (Å²) in [5, 5.41) is 4.78. The van der Waals surface area contributed by atoms with Crippen molar-refractivity contribution in [3.8, 4) is 5.75 Å². The first-order valence-electron chi connectivity index (χ1n) is 12.4. The number of halogens is 8. The van der Waals surface area contributed by atoms with Crippen molar-refractivity contribution < 1.29 is 36.3 Å². The van der Waals surface area contributed by atoms with Crippen LogP contribution in [0.15, 0.2) is 42.5 Å². The summed E-state index contributed by atoms with van der Waals surface area (Å²) in [7, 11) is 1.64. The molecule has 0 aliphatic heterocycles. The number of fused-ring (bicyclic) bond motifs is 1. The Kier molecular flexibility index (Phi) is 9.73. The summed E-state index contributed by atoms with van der Waals surface area (Å²) >= 11 is 18.7. The Morgan fingerprint density at radius 1 is 1.07 bits per heavy atom. The molecule has 0 bridgehead atoms. The monoisotopic (exact) mass is 662 g/mol. The number of benzene rings is 3. The van der Waals surface area contributed by atoms with E-state index in [0.29, 0.717) is 34.9 Å². The SMILES string of the molecule is Cn1c(Cc2c(Cl)ccc(CNC(=O)C(C)(F)F)c2Cl)nc2cc(C(=O)Nc3ccc(F)c(Cl)c3)c(OCC(F)F)cc21. The molecular formula is C28H22Cl3F5N4O3. The second-order valence-electron chi connectivity index (χ2n) is 9.46. The number of nitrogens with zero attached hydrogens (tertiary/aromatic N) is 2. The minimum atomic E-state index is -3.57. The molecule has 0 fully saturated rings. The van der Waals surface area contributed by atoms with E-state index in [2.05, 4.69) is 15.6 Å². The molecule has 3 aromatic carbocycles. The largest absolute Gasteiger partial charge is 0.487 e. The third-order valence-corrected chi connectivity index (χ3v) is 7.42. The van der Waals surface area contributed by atoms with Gasteiger partial charge in [0.05, 0.1) is 26.6 Å². The van der Waals surface area contributed by atoms with E-state index in [1.54, 1.807) is 11.6 Å². The molecular weight excluding hydrogens is 642 g/mol. The average molecular weight is 664 g/mol. The fraction of sp³-hybridized carbons (Fsp3) is 0.250. The van der Waals surface area contributed by atoms with E-state index in [1.807, 2.05) is 0 Å². The highest BCUT2D eigenvalue weighted by atomic mass is 35.5. The molecule has 228 valence electrons. The number of aryl methyl sites for hydroxylation is 1. The van der Waals surface area contributed by atoms with Crippen molar-refractivity contribution in [2.24, 2.45) is 7.05 Å². The van der Waals surface area contributed by atoms with E-state index in [-0.39, 0.29) is 45.0 Å². The third-order valence-electron chi connectivity index (χ3n) is 6.30. The van der Waals surface area contributed by atoms with E-state index < -0.39 is 36.6 Å². The number of hydrogen-bond acceptors (Lipinski definition) is 4. The lowest BCUT2D eigenvalue weighted by Crippen LogP contribution is -2.37. The lowest BCUT2D eigenvalue weighted by atomic mass is 10.1. The van der Waals surface area contributed by atoms with Gasteiger partial charge in [0.15, 0.2) is 0 Å². The van der Waals surface area contributed by atoms with Gasteiger partial charge in [0.2, 0.25) is 0 Å². The maximum atomic E-state index is 13.5. The zero-order chi connectivity index (χ0) is 31.6. The number of imidazole rings is 1. The van der Waals surface area contributed by atoms with E-state index >= 15 is 0 Å². The van der Waals surface area contributed by atoms with E-state index in [4.69, 9.17) is 39.5 Å². The molecule has 15 heteroatoms. The Morgan fingerprint density at radius 2 is 1.79 bits per heavy atom. The molecule has 43 heavy (non-hydrogen) atoms. The molecule has 0 aliphatic rings. The number of anilines is 1. The zero-order valence-corrected chi connectivity index (χ0v) is 24.7. The normalized spacial score (nSPS) is 11.7. The molecule has 0 saturated heterocycles. The van der Waals surface area contributed by atoms with Crippen LogP contribution in [0.2, 0.25) is 15.1 Å². The van der Waals surface area contributed by atoms with Gasteiger partial charge in [0.25, 0.3) is 18.2 Å². The van der Waals surface area contributed by atoms with Gasteiger partial charge in [-0.05, 0) is 41.5 Å². The van der Waals surface area contributed by atoms with E-state index in [0.717, 1.165) is 6.07 Å². The number of rotatable bonds is 10. The Bertz CT molecular complexity index is 1710. The quantitative estimate of drug-likeness (QED) is 0.173. The molecule has 0 unspecified atom stereocenters. The van der Waals surface area contributed by atoms with Gasteiger partial charge in [-0.25, -0.2) is 18.2 Å². The summed E-state index contributed by atoms with van der Waals surface area (Å²) in [6.07, 6.45) is -2.79. The smallest absolute Gasteiger partial charge is 0.321 e.